The number of halogens is 2. The number of nitrogens with zero attached hydrogens (tertiary/aromatic N) is 3. The third-order valence-corrected chi connectivity index (χ3v) is 5.29. The van der Waals surface area contributed by atoms with E-state index in [0.717, 1.165) is 11.3 Å². The third kappa shape index (κ3) is 5.13. The number of aliphatic hydroxyl groups excluding tert-OH is 2. The molecule has 0 spiro atoms. The van der Waals surface area contributed by atoms with E-state index in [2.05, 4.69) is 15.6 Å². The summed E-state index contributed by atoms with van der Waals surface area (Å²) in [5.74, 6) is -0.254. The first kappa shape index (κ1) is 21.3. The van der Waals surface area contributed by atoms with Crippen LogP contribution in [0, 0.1) is 6.92 Å². The molecule has 0 saturated heterocycles. The molecule has 1 amide bonds. The lowest BCUT2D eigenvalue weighted by atomic mass is 10.1. The van der Waals surface area contributed by atoms with Crippen molar-refractivity contribution in [2.45, 2.75) is 33.1 Å². The maximum absolute atomic E-state index is 12.4. The van der Waals surface area contributed by atoms with Gasteiger partial charge in [0.2, 0.25) is 5.91 Å². The third-order valence-electron chi connectivity index (χ3n) is 4.55. The fraction of sp³-hybridized carbons (Fsp3) is 0.250. The van der Waals surface area contributed by atoms with Crippen LogP contribution >= 0.6 is 23.2 Å². The van der Waals surface area contributed by atoms with Crippen LogP contribution in [0.25, 0.3) is 0 Å². The summed E-state index contributed by atoms with van der Waals surface area (Å²) in [7, 11) is 0. The Balaban J connectivity index is 1.67. The molecule has 1 heterocycles. The van der Waals surface area contributed by atoms with Crippen molar-refractivity contribution < 1.29 is 15.0 Å². The second-order valence-electron chi connectivity index (χ2n) is 6.55. The minimum absolute atomic E-state index is 0.0589. The topological polar surface area (TPSA) is 100 Å². The summed E-state index contributed by atoms with van der Waals surface area (Å²) in [4.78, 5) is 12.4. The normalized spacial score (nSPS) is 10.9. The Labute approximate surface area is 177 Å². The maximum Gasteiger partial charge on any atom is 0.230 e. The van der Waals surface area contributed by atoms with Gasteiger partial charge in [-0.15, -0.1) is 5.10 Å². The monoisotopic (exact) mass is 434 g/mol. The number of carbonyl (C=O) groups is 1. The van der Waals surface area contributed by atoms with Crippen molar-refractivity contribution in [3.8, 4) is 0 Å². The molecule has 0 aliphatic heterocycles. The number of hydrogen-bond donors (Lipinski definition) is 3. The second-order valence-corrected chi connectivity index (χ2v) is 7.37. The molecule has 3 rings (SSSR count). The number of aromatic nitrogens is 3. The standard InChI is InChI=1S/C20H20Cl2N4O3/c1-12-19(24-25-26(12)9-13-2-5-17(21)18(22)6-13)8-20(29)23-16-4-3-14(10-27)15(7-16)11-28/h2-7,27-28H,8-11H2,1H3,(H,23,29). The van der Waals surface area contributed by atoms with Crippen LogP contribution < -0.4 is 5.32 Å². The van der Waals surface area contributed by atoms with Gasteiger partial charge in [0.05, 0.1) is 47.6 Å². The molecule has 2 aromatic carbocycles. The fourth-order valence-corrected chi connectivity index (χ4v) is 3.20. The van der Waals surface area contributed by atoms with Crippen LogP contribution in [0.2, 0.25) is 10.0 Å². The van der Waals surface area contributed by atoms with Gasteiger partial charge >= 0.3 is 0 Å². The molecule has 0 fully saturated rings. The minimum Gasteiger partial charge on any atom is -0.392 e. The van der Waals surface area contributed by atoms with Gasteiger partial charge in [0, 0.05) is 5.69 Å². The molecule has 0 aliphatic carbocycles. The van der Waals surface area contributed by atoms with Crippen LogP contribution in [0.5, 0.6) is 0 Å². The first-order valence-corrected chi connectivity index (χ1v) is 9.63. The second kappa shape index (κ2) is 9.37. The summed E-state index contributed by atoms with van der Waals surface area (Å²) in [6.45, 7) is 1.91. The predicted molar refractivity (Wildman–Crippen MR) is 111 cm³/mol. The van der Waals surface area contributed by atoms with Crippen molar-refractivity contribution in [3.63, 3.8) is 0 Å². The molecule has 0 radical (unpaired) electrons. The van der Waals surface area contributed by atoms with Crippen LogP contribution in [0.4, 0.5) is 5.69 Å². The Kier molecular flexibility index (Phi) is 6.87. The average molecular weight is 435 g/mol. The molecule has 0 aliphatic rings. The van der Waals surface area contributed by atoms with E-state index in [1.807, 2.05) is 13.0 Å². The zero-order valence-corrected chi connectivity index (χ0v) is 17.2. The number of amides is 1. The number of benzene rings is 2. The Morgan fingerprint density at radius 1 is 1.07 bits per heavy atom. The lowest BCUT2D eigenvalue weighted by molar-refractivity contribution is -0.115. The molecule has 9 heteroatoms. The first-order valence-electron chi connectivity index (χ1n) is 8.87. The number of carbonyl (C=O) groups excluding carboxylic acids is 1. The van der Waals surface area contributed by atoms with Crippen molar-refractivity contribution >= 4 is 34.8 Å². The molecular weight excluding hydrogens is 415 g/mol. The zero-order chi connectivity index (χ0) is 21.0. The van der Waals surface area contributed by atoms with Crippen molar-refractivity contribution in [2.24, 2.45) is 0 Å². The fourth-order valence-electron chi connectivity index (χ4n) is 2.88. The van der Waals surface area contributed by atoms with Gasteiger partial charge in [-0.1, -0.05) is 40.5 Å². The molecule has 0 atom stereocenters. The van der Waals surface area contributed by atoms with E-state index in [1.165, 1.54) is 0 Å². The van der Waals surface area contributed by atoms with Gasteiger partial charge in [0.25, 0.3) is 0 Å². The van der Waals surface area contributed by atoms with Gasteiger partial charge in [0.15, 0.2) is 0 Å². The smallest absolute Gasteiger partial charge is 0.230 e. The van der Waals surface area contributed by atoms with Gasteiger partial charge in [0.1, 0.15) is 0 Å². The number of hydrogen-bond acceptors (Lipinski definition) is 5. The van der Waals surface area contributed by atoms with Crippen molar-refractivity contribution in [3.05, 3.63) is 74.5 Å². The molecule has 1 aromatic heterocycles. The quantitative estimate of drug-likeness (QED) is 0.530. The largest absolute Gasteiger partial charge is 0.392 e. The van der Waals surface area contributed by atoms with E-state index in [1.54, 1.807) is 35.0 Å². The van der Waals surface area contributed by atoms with Crippen LogP contribution in [0.15, 0.2) is 36.4 Å². The Morgan fingerprint density at radius 2 is 1.83 bits per heavy atom. The molecule has 7 nitrogen and oxygen atoms in total. The molecule has 152 valence electrons. The van der Waals surface area contributed by atoms with Gasteiger partial charge in [-0.05, 0) is 47.9 Å². The average Bonchev–Trinajstić information content (AvgIpc) is 3.04. The predicted octanol–water partition coefficient (Wildman–Crippen LogP) is 3.11. The lowest BCUT2D eigenvalue weighted by Gasteiger charge is -2.09. The highest BCUT2D eigenvalue weighted by molar-refractivity contribution is 6.42. The minimum atomic E-state index is -0.254. The van der Waals surface area contributed by atoms with Gasteiger partial charge in [-0.2, -0.15) is 0 Å². The summed E-state index contributed by atoms with van der Waals surface area (Å²) in [6.07, 6.45) is 0.0589. The van der Waals surface area contributed by atoms with Gasteiger partial charge in [-0.3, -0.25) is 4.79 Å². The summed E-state index contributed by atoms with van der Waals surface area (Å²) < 4.78 is 1.70. The van der Waals surface area contributed by atoms with Crippen LogP contribution in [-0.4, -0.2) is 31.1 Å². The summed E-state index contributed by atoms with van der Waals surface area (Å²) in [5.41, 5.74) is 3.98. The maximum atomic E-state index is 12.4. The Bertz CT molecular complexity index is 1040. The highest BCUT2D eigenvalue weighted by Crippen LogP contribution is 2.23. The molecule has 3 N–H and O–H groups in total. The van der Waals surface area contributed by atoms with Gasteiger partial charge in [-0.25, -0.2) is 4.68 Å². The van der Waals surface area contributed by atoms with E-state index in [0.29, 0.717) is 39.1 Å². The summed E-state index contributed by atoms with van der Waals surface area (Å²) in [5, 5.41) is 30.6. The number of nitrogens with one attached hydrogen (secondary N) is 1. The van der Waals surface area contributed by atoms with Crippen molar-refractivity contribution in [2.75, 3.05) is 5.32 Å². The Morgan fingerprint density at radius 3 is 2.52 bits per heavy atom. The van der Waals surface area contributed by atoms with E-state index in [-0.39, 0.29) is 25.5 Å². The van der Waals surface area contributed by atoms with E-state index in [4.69, 9.17) is 23.2 Å². The Hall–Kier alpha value is -2.45. The highest BCUT2D eigenvalue weighted by Gasteiger charge is 2.14. The van der Waals surface area contributed by atoms with E-state index in [9.17, 15) is 15.0 Å². The highest BCUT2D eigenvalue weighted by atomic mass is 35.5. The molecule has 0 saturated carbocycles. The molecule has 29 heavy (non-hydrogen) atoms. The molecule has 0 unspecified atom stereocenters. The van der Waals surface area contributed by atoms with Crippen molar-refractivity contribution in [1.82, 2.24) is 15.0 Å². The first-order chi connectivity index (χ1) is 13.9. The zero-order valence-electron chi connectivity index (χ0n) is 15.7. The van der Waals surface area contributed by atoms with E-state index < -0.39 is 0 Å². The summed E-state index contributed by atoms with van der Waals surface area (Å²) in [6, 6.07) is 10.3. The summed E-state index contributed by atoms with van der Waals surface area (Å²) >= 11 is 12.0. The van der Waals surface area contributed by atoms with Crippen LogP contribution in [0.1, 0.15) is 28.1 Å². The number of anilines is 1. The number of rotatable bonds is 7. The number of aliphatic hydroxyl groups is 2. The SMILES string of the molecule is Cc1c(CC(=O)Nc2ccc(CO)c(CO)c2)nnn1Cc1ccc(Cl)c(Cl)c1. The molecule has 3 aromatic rings. The van der Waals surface area contributed by atoms with Gasteiger partial charge < -0.3 is 15.5 Å². The lowest BCUT2D eigenvalue weighted by Crippen LogP contribution is -2.16. The molecule has 0 bridgehead atoms. The van der Waals surface area contributed by atoms with E-state index >= 15 is 0 Å². The van der Waals surface area contributed by atoms with Crippen molar-refractivity contribution in [1.29, 1.82) is 0 Å². The van der Waals surface area contributed by atoms with Crippen LogP contribution in [0.3, 0.4) is 0 Å². The molecular formula is C20H20Cl2N4O3. The van der Waals surface area contributed by atoms with Crippen LogP contribution in [-0.2, 0) is 31.0 Å².